The summed E-state index contributed by atoms with van der Waals surface area (Å²) in [6, 6.07) is 10.9. The van der Waals surface area contributed by atoms with Crippen LogP contribution in [0, 0.1) is 0 Å². The van der Waals surface area contributed by atoms with Crippen molar-refractivity contribution >= 4 is 38.5 Å². The van der Waals surface area contributed by atoms with Gasteiger partial charge in [0.1, 0.15) is 0 Å². The number of benzene rings is 2. The van der Waals surface area contributed by atoms with Gasteiger partial charge in [-0.05, 0) is 48.0 Å². The molecule has 1 aliphatic rings. The van der Waals surface area contributed by atoms with Gasteiger partial charge in [0.05, 0.1) is 10.5 Å². The second-order valence-corrected chi connectivity index (χ2v) is 8.56. The molecule has 0 aliphatic carbocycles. The molecule has 0 unspecified atom stereocenters. The van der Waals surface area contributed by atoms with E-state index in [9.17, 15) is 18.3 Å². The minimum atomic E-state index is -3.65. The van der Waals surface area contributed by atoms with Crippen LogP contribution in [0.2, 0.25) is 5.02 Å². The molecule has 3 aromatic rings. The molecule has 2 N–H and O–H groups in total. The average Bonchev–Trinajstić information content (AvgIpc) is 2.99. The van der Waals surface area contributed by atoms with E-state index in [-0.39, 0.29) is 17.0 Å². The predicted octanol–water partition coefficient (Wildman–Crippen LogP) is 3.27. The third-order valence-electron chi connectivity index (χ3n) is 4.64. The number of aromatic carboxylic acids is 1. The standard InChI is InChI=1S/C18H15ClN2O4S/c19-12-2-4-13(5-3-12)26(24,25)21-8-7-17-15(10-21)14-9-11(18(22)23)1-6-16(14)20-17/h1-6,9,20H,7-8,10H2,(H,22,23). The number of aromatic amines is 1. The van der Waals surface area contributed by atoms with E-state index in [0.717, 1.165) is 22.2 Å². The summed E-state index contributed by atoms with van der Waals surface area (Å²) < 4.78 is 27.3. The molecular weight excluding hydrogens is 376 g/mol. The van der Waals surface area contributed by atoms with Crippen molar-refractivity contribution in [3.63, 3.8) is 0 Å². The fourth-order valence-corrected chi connectivity index (χ4v) is 4.82. The molecule has 0 bridgehead atoms. The summed E-state index contributed by atoms with van der Waals surface area (Å²) in [6.45, 7) is 0.555. The first-order valence-corrected chi connectivity index (χ1v) is 9.80. The Balaban J connectivity index is 1.75. The molecule has 6 nitrogen and oxygen atoms in total. The van der Waals surface area contributed by atoms with E-state index in [2.05, 4.69) is 4.98 Å². The number of aromatic nitrogens is 1. The summed E-state index contributed by atoms with van der Waals surface area (Å²) in [5, 5.41) is 10.4. The van der Waals surface area contributed by atoms with Crippen LogP contribution in [0.1, 0.15) is 21.6 Å². The Morgan fingerprint density at radius 2 is 1.88 bits per heavy atom. The summed E-state index contributed by atoms with van der Waals surface area (Å²) in [4.78, 5) is 14.7. The number of rotatable bonds is 3. The number of fused-ring (bicyclic) bond motifs is 3. The fourth-order valence-electron chi connectivity index (χ4n) is 3.28. The Morgan fingerprint density at radius 1 is 1.15 bits per heavy atom. The lowest BCUT2D eigenvalue weighted by Gasteiger charge is -2.26. The van der Waals surface area contributed by atoms with Gasteiger partial charge >= 0.3 is 5.97 Å². The maximum Gasteiger partial charge on any atom is 0.335 e. The van der Waals surface area contributed by atoms with Crippen molar-refractivity contribution in [3.8, 4) is 0 Å². The van der Waals surface area contributed by atoms with Crippen molar-refractivity contribution in [3.05, 3.63) is 64.3 Å². The van der Waals surface area contributed by atoms with Crippen LogP contribution in [0.15, 0.2) is 47.4 Å². The molecule has 0 atom stereocenters. The summed E-state index contributed by atoms with van der Waals surface area (Å²) >= 11 is 5.85. The van der Waals surface area contributed by atoms with Gasteiger partial charge in [-0.25, -0.2) is 13.2 Å². The van der Waals surface area contributed by atoms with Crippen LogP contribution < -0.4 is 0 Å². The van der Waals surface area contributed by atoms with Crippen LogP contribution >= 0.6 is 11.6 Å². The molecule has 1 aliphatic heterocycles. The number of hydrogen-bond acceptors (Lipinski definition) is 3. The van der Waals surface area contributed by atoms with Crippen molar-refractivity contribution in [1.29, 1.82) is 0 Å². The van der Waals surface area contributed by atoms with Gasteiger partial charge in [0.2, 0.25) is 10.0 Å². The van der Waals surface area contributed by atoms with E-state index in [1.54, 1.807) is 24.3 Å². The highest BCUT2D eigenvalue weighted by atomic mass is 35.5. The SMILES string of the molecule is O=C(O)c1ccc2[nH]c3c(c2c1)CN(S(=O)(=O)c1ccc(Cl)cc1)CC3. The maximum atomic E-state index is 12.9. The normalized spacial score (nSPS) is 15.1. The number of nitrogens with zero attached hydrogens (tertiary/aromatic N) is 1. The molecule has 8 heteroatoms. The van der Waals surface area contributed by atoms with E-state index >= 15 is 0 Å². The maximum absolute atomic E-state index is 12.9. The molecule has 0 spiro atoms. The molecule has 0 fully saturated rings. The molecule has 1 aromatic heterocycles. The van der Waals surface area contributed by atoms with E-state index in [0.29, 0.717) is 18.0 Å². The zero-order chi connectivity index (χ0) is 18.5. The minimum Gasteiger partial charge on any atom is -0.478 e. The van der Waals surface area contributed by atoms with E-state index in [1.165, 1.54) is 22.5 Å². The molecule has 0 amide bonds. The largest absolute Gasteiger partial charge is 0.478 e. The number of carbonyl (C=O) groups is 1. The molecular formula is C18H15ClN2O4S. The first-order chi connectivity index (χ1) is 12.4. The van der Waals surface area contributed by atoms with Gasteiger partial charge in [0.15, 0.2) is 0 Å². The second kappa shape index (κ2) is 6.12. The van der Waals surface area contributed by atoms with Gasteiger partial charge < -0.3 is 10.1 Å². The van der Waals surface area contributed by atoms with Gasteiger partial charge in [0, 0.05) is 41.1 Å². The highest BCUT2D eigenvalue weighted by molar-refractivity contribution is 7.89. The second-order valence-electron chi connectivity index (χ2n) is 6.19. The summed E-state index contributed by atoms with van der Waals surface area (Å²) in [5.41, 5.74) is 2.76. The molecule has 2 heterocycles. The van der Waals surface area contributed by atoms with Crippen molar-refractivity contribution in [2.24, 2.45) is 0 Å². The predicted molar refractivity (Wildman–Crippen MR) is 98.0 cm³/mol. The van der Waals surface area contributed by atoms with E-state index in [4.69, 9.17) is 11.6 Å². The lowest BCUT2D eigenvalue weighted by Crippen LogP contribution is -2.35. The quantitative estimate of drug-likeness (QED) is 0.718. The van der Waals surface area contributed by atoms with Crippen LogP contribution in [0.25, 0.3) is 10.9 Å². The van der Waals surface area contributed by atoms with Crippen LogP contribution in [0.4, 0.5) is 0 Å². The van der Waals surface area contributed by atoms with Crippen LogP contribution in [0.5, 0.6) is 0 Å². The molecule has 0 saturated carbocycles. The van der Waals surface area contributed by atoms with Gasteiger partial charge in [0.25, 0.3) is 0 Å². The van der Waals surface area contributed by atoms with Gasteiger partial charge in [-0.15, -0.1) is 0 Å². The fraction of sp³-hybridized carbons (Fsp3) is 0.167. The molecule has 0 saturated heterocycles. The molecule has 134 valence electrons. The lowest BCUT2D eigenvalue weighted by molar-refractivity contribution is 0.0697. The number of nitrogens with one attached hydrogen (secondary N) is 1. The first-order valence-electron chi connectivity index (χ1n) is 7.99. The van der Waals surface area contributed by atoms with Crippen molar-refractivity contribution in [2.45, 2.75) is 17.9 Å². The first kappa shape index (κ1) is 17.1. The topological polar surface area (TPSA) is 90.5 Å². The zero-order valence-electron chi connectivity index (χ0n) is 13.6. The smallest absolute Gasteiger partial charge is 0.335 e. The Bertz CT molecular complexity index is 1120. The Hall–Kier alpha value is -2.35. The highest BCUT2D eigenvalue weighted by Gasteiger charge is 2.30. The van der Waals surface area contributed by atoms with Crippen molar-refractivity contribution in [1.82, 2.24) is 9.29 Å². The zero-order valence-corrected chi connectivity index (χ0v) is 15.1. The molecule has 0 radical (unpaired) electrons. The van der Waals surface area contributed by atoms with Crippen molar-refractivity contribution in [2.75, 3.05) is 6.54 Å². The minimum absolute atomic E-state index is 0.178. The van der Waals surface area contributed by atoms with E-state index < -0.39 is 16.0 Å². The molecule has 4 rings (SSSR count). The van der Waals surface area contributed by atoms with E-state index in [1.807, 2.05) is 0 Å². The summed E-state index contributed by atoms with van der Waals surface area (Å²) in [5.74, 6) is -1.01. The summed E-state index contributed by atoms with van der Waals surface area (Å²) in [6.07, 6.45) is 0.541. The number of hydrogen-bond donors (Lipinski definition) is 2. The Kier molecular flexibility index (Phi) is 4.02. The Morgan fingerprint density at radius 3 is 2.58 bits per heavy atom. The van der Waals surface area contributed by atoms with Gasteiger partial charge in [-0.1, -0.05) is 11.6 Å². The molecule has 26 heavy (non-hydrogen) atoms. The highest BCUT2D eigenvalue weighted by Crippen LogP contribution is 2.31. The van der Waals surface area contributed by atoms with Gasteiger partial charge in [-0.3, -0.25) is 0 Å². The van der Waals surface area contributed by atoms with Crippen molar-refractivity contribution < 1.29 is 18.3 Å². The Labute approximate surface area is 155 Å². The monoisotopic (exact) mass is 390 g/mol. The number of sulfonamides is 1. The van der Waals surface area contributed by atoms with Crippen LogP contribution in [-0.4, -0.2) is 35.3 Å². The van der Waals surface area contributed by atoms with Crippen LogP contribution in [0.3, 0.4) is 0 Å². The number of carboxylic acids is 1. The summed E-state index contributed by atoms with van der Waals surface area (Å²) in [7, 11) is -3.65. The third kappa shape index (κ3) is 2.78. The number of H-pyrrole nitrogens is 1. The van der Waals surface area contributed by atoms with Gasteiger partial charge in [-0.2, -0.15) is 4.31 Å². The average molecular weight is 391 g/mol. The lowest BCUT2D eigenvalue weighted by atomic mass is 10.0. The molecule has 2 aromatic carbocycles. The number of carboxylic acid groups (broad SMARTS) is 1. The van der Waals surface area contributed by atoms with Crippen LogP contribution in [-0.2, 0) is 23.0 Å². The number of halogens is 1. The third-order valence-corrected chi connectivity index (χ3v) is 6.75.